The highest BCUT2D eigenvalue weighted by Gasteiger charge is 2.40. The molecule has 10 aromatic heterocycles. The molecule has 79 heavy (non-hydrogen) atoms. The summed E-state index contributed by atoms with van der Waals surface area (Å²) in [6, 6.07) is 16.7. The number of morpholine rings is 1. The van der Waals surface area contributed by atoms with Gasteiger partial charge >= 0.3 is 12.4 Å². The van der Waals surface area contributed by atoms with Crippen LogP contribution in [0.25, 0.3) is 88.7 Å². The first kappa shape index (κ1) is 50.6. The second-order valence-corrected chi connectivity index (χ2v) is 19.3. The number of pyridine rings is 5. The van der Waals surface area contributed by atoms with Gasteiger partial charge in [0, 0.05) is 94.5 Å². The topological polar surface area (TPSA) is 217 Å². The summed E-state index contributed by atoms with van der Waals surface area (Å²) in [5.74, 6) is -3.34. The van der Waals surface area contributed by atoms with E-state index in [1.54, 1.807) is 42.5 Å². The van der Waals surface area contributed by atoms with Gasteiger partial charge in [0.1, 0.15) is 29.4 Å². The Kier molecular flexibility index (Phi) is 11.8. The number of aromatic amines is 5. The molecule has 5 N–H and O–H groups in total. The van der Waals surface area contributed by atoms with Crippen LogP contribution in [0.5, 0.6) is 0 Å². The fraction of sp³-hybridized carbons (Fsp3) is 0.222. The van der Waals surface area contributed by atoms with Gasteiger partial charge in [-0.1, -0.05) is 18.7 Å². The number of ether oxygens (including phenoxy) is 1. The van der Waals surface area contributed by atoms with Crippen molar-refractivity contribution in [2.45, 2.75) is 58.1 Å². The van der Waals surface area contributed by atoms with E-state index < -0.39 is 40.5 Å². The molecular weight excluding hydrogens is 1050 g/mol. The largest absolute Gasteiger partial charge is 0.418 e. The van der Waals surface area contributed by atoms with Gasteiger partial charge in [-0.2, -0.15) is 35.1 Å². The van der Waals surface area contributed by atoms with Crippen molar-refractivity contribution in [2.24, 2.45) is 0 Å². The number of anilines is 1. The summed E-state index contributed by atoms with van der Waals surface area (Å²) >= 11 is 0. The number of carbonyl (C=O) groups is 1. The molecule has 1 aliphatic rings. The normalized spacial score (nSPS) is 13.8. The van der Waals surface area contributed by atoms with Crippen molar-refractivity contribution in [2.75, 3.05) is 24.7 Å². The second kappa shape index (κ2) is 18.5. The first-order valence-corrected chi connectivity index (χ1v) is 24.5. The molecule has 11 heterocycles. The lowest BCUT2D eigenvalue weighted by Gasteiger charge is -2.26. The molecule has 1 fully saturated rings. The minimum absolute atomic E-state index is 0.0547. The molecule has 0 unspecified atom stereocenters. The zero-order valence-corrected chi connectivity index (χ0v) is 41.5. The van der Waals surface area contributed by atoms with Crippen LogP contribution in [0.15, 0.2) is 107 Å². The number of fused-ring (bicyclic) bond motifs is 5. The number of hydrogen-bond acceptors (Lipinski definition) is 9. The summed E-state index contributed by atoms with van der Waals surface area (Å²) in [5.41, 5.74) is -1.89. The van der Waals surface area contributed by atoms with Gasteiger partial charge in [-0.05, 0) is 79.6 Å². The molecule has 25 heteroatoms. The van der Waals surface area contributed by atoms with Crippen LogP contribution in [0.4, 0.5) is 40.9 Å². The van der Waals surface area contributed by atoms with Crippen molar-refractivity contribution in [1.82, 2.24) is 59.4 Å². The molecule has 0 saturated carbocycles. The highest BCUT2D eigenvalue weighted by Crippen LogP contribution is 2.43. The predicted molar refractivity (Wildman–Crippen MR) is 276 cm³/mol. The Hall–Kier alpha value is -9.26. The Morgan fingerprint density at radius 3 is 1.80 bits per heavy atom. The minimum Gasteiger partial charge on any atom is -0.370 e. The lowest BCUT2D eigenvalue weighted by molar-refractivity contribution is -0.137. The van der Waals surface area contributed by atoms with Gasteiger partial charge in [-0.15, -0.1) is 0 Å². The van der Waals surface area contributed by atoms with Gasteiger partial charge in [0.05, 0.1) is 57.6 Å². The van der Waals surface area contributed by atoms with E-state index in [9.17, 15) is 27.6 Å². The Morgan fingerprint density at radius 2 is 1.18 bits per heavy atom. The van der Waals surface area contributed by atoms with Crippen molar-refractivity contribution >= 4 is 66.8 Å². The maximum absolute atomic E-state index is 15.3. The fourth-order valence-corrected chi connectivity index (χ4v) is 10.3. The number of carbonyl (C=O) groups excluding carboxylic acids is 1. The molecule has 0 bridgehead atoms. The van der Waals surface area contributed by atoms with E-state index >= 15 is 22.0 Å². The van der Waals surface area contributed by atoms with Crippen LogP contribution < -0.4 is 16.0 Å². The number of aromatic nitrogens is 12. The summed E-state index contributed by atoms with van der Waals surface area (Å²) < 4.78 is 128. The smallest absolute Gasteiger partial charge is 0.370 e. The summed E-state index contributed by atoms with van der Waals surface area (Å²) in [4.78, 5) is 71.7. The van der Waals surface area contributed by atoms with E-state index in [-0.39, 0.29) is 145 Å². The van der Waals surface area contributed by atoms with Crippen LogP contribution in [-0.2, 0) is 53.7 Å². The van der Waals surface area contributed by atoms with E-state index in [2.05, 4.69) is 56.6 Å². The van der Waals surface area contributed by atoms with Crippen LogP contribution in [-0.4, -0.2) is 85.1 Å². The SMILES string of the molecule is C=C(C)C(F)(F)c1c(C)[nH]c2ncc(-c3ccc4[nH]n(CCc5[nH]c6ncc(-c7ccc8[nH]n(CCc9[nH]c%10ncc(-c%11cccc(N%12CCOCC%12=O)n%11)cc%10c9C(F)(F)F)c(=O)c8n7)cc6c5C(F)(F)F)c(=O)c4c3)cc12. The molecule has 1 saturated heterocycles. The number of amides is 1. The van der Waals surface area contributed by atoms with E-state index in [4.69, 9.17) is 4.74 Å². The molecule has 17 nitrogen and oxygen atoms in total. The third-order valence-corrected chi connectivity index (χ3v) is 14.2. The van der Waals surface area contributed by atoms with E-state index in [0.29, 0.717) is 29.1 Å². The molecule has 0 aliphatic carbocycles. The van der Waals surface area contributed by atoms with Crippen LogP contribution in [0, 0.1) is 6.92 Å². The number of rotatable bonds is 12. The number of nitrogens with one attached hydrogen (secondary N) is 5. The Balaban J connectivity index is 0.790. The summed E-state index contributed by atoms with van der Waals surface area (Å²) in [6.07, 6.45) is -6.22. The second-order valence-electron chi connectivity index (χ2n) is 19.3. The standard InChI is InChI=1S/C54H41F8N13O4/c1-25(2)52(55,56)43-26(3)66-47-32(43)18-28(21-63-47)27-7-8-37-31(17-27)50(77)74(71-37)13-11-38-45(54(60,61)62)34-20-30(23-65-49(34)69-38)36-9-10-40-46(68-36)51(78)75(72-40)14-12-39-44(53(57,58)59)33-19-29(22-64-48(33)70-39)35-5-4-6-41(67-35)73-15-16-79-24-42(73)76/h4-10,17-23,71-72H,1,11-16,24H2,2-3H3,(H,63,66)(H,64,70)(H,65,69). The number of allylic oxidation sites excluding steroid dienone is 1. The third-order valence-electron chi connectivity index (χ3n) is 14.2. The van der Waals surface area contributed by atoms with Crippen LogP contribution in [0.3, 0.4) is 0 Å². The zero-order valence-electron chi connectivity index (χ0n) is 41.5. The van der Waals surface area contributed by atoms with Crippen molar-refractivity contribution in [3.8, 4) is 33.6 Å². The van der Waals surface area contributed by atoms with Gasteiger partial charge < -0.3 is 19.7 Å². The molecule has 1 aromatic carbocycles. The van der Waals surface area contributed by atoms with E-state index in [1.807, 2.05) is 0 Å². The van der Waals surface area contributed by atoms with Gasteiger partial charge in [-0.25, -0.2) is 24.9 Å². The van der Waals surface area contributed by atoms with Crippen molar-refractivity contribution in [1.29, 1.82) is 0 Å². The van der Waals surface area contributed by atoms with Gasteiger partial charge in [0.25, 0.3) is 22.9 Å². The lowest BCUT2D eigenvalue weighted by Crippen LogP contribution is -2.42. The van der Waals surface area contributed by atoms with Crippen LogP contribution >= 0.6 is 0 Å². The number of hydrogen-bond donors (Lipinski definition) is 5. The Labute approximate surface area is 438 Å². The molecular formula is C54H41F8N13O4. The monoisotopic (exact) mass is 1090 g/mol. The average Bonchev–Trinajstić information content (AvgIpc) is 4.43. The number of alkyl halides is 8. The molecule has 1 aliphatic heterocycles. The first-order valence-electron chi connectivity index (χ1n) is 24.5. The van der Waals surface area contributed by atoms with Gasteiger partial charge in [0.2, 0.25) is 0 Å². The maximum Gasteiger partial charge on any atom is 0.418 e. The predicted octanol–water partition coefficient (Wildman–Crippen LogP) is 10.3. The number of nitrogens with zero attached hydrogens (tertiary/aromatic N) is 8. The molecule has 12 rings (SSSR count). The summed E-state index contributed by atoms with van der Waals surface area (Å²) in [5, 5.41) is 5.65. The minimum atomic E-state index is -4.90. The fourth-order valence-electron chi connectivity index (χ4n) is 10.3. The van der Waals surface area contributed by atoms with Crippen molar-refractivity contribution in [3.63, 3.8) is 0 Å². The Bertz CT molecular complexity index is 4440. The zero-order chi connectivity index (χ0) is 55.4. The number of benzene rings is 1. The molecule has 0 radical (unpaired) electrons. The summed E-state index contributed by atoms with van der Waals surface area (Å²) in [6.45, 7) is 6.15. The molecule has 402 valence electrons. The van der Waals surface area contributed by atoms with Crippen molar-refractivity contribution in [3.05, 3.63) is 152 Å². The molecule has 0 spiro atoms. The summed E-state index contributed by atoms with van der Waals surface area (Å²) in [7, 11) is 0. The van der Waals surface area contributed by atoms with E-state index in [0.717, 1.165) is 4.68 Å². The van der Waals surface area contributed by atoms with Crippen LogP contribution in [0.2, 0.25) is 0 Å². The highest BCUT2D eigenvalue weighted by atomic mass is 19.4. The average molecular weight is 1090 g/mol. The molecule has 11 aromatic rings. The third kappa shape index (κ3) is 8.78. The molecule has 1 amide bonds. The lowest BCUT2D eigenvalue weighted by atomic mass is 9.98. The van der Waals surface area contributed by atoms with Gasteiger partial charge in [0.15, 0.2) is 5.52 Å². The number of halogens is 8. The van der Waals surface area contributed by atoms with E-state index in [1.165, 1.54) is 66.3 Å². The first-order chi connectivity index (χ1) is 37.6. The molecule has 0 atom stereocenters. The van der Waals surface area contributed by atoms with Gasteiger partial charge in [-0.3, -0.25) is 38.8 Å². The van der Waals surface area contributed by atoms with Crippen molar-refractivity contribution < 1.29 is 44.7 Å². The Morgan fingerprint density at radius 1 is 0.633 bits per heavy atom. The quantitative estimate of drug-likeness (QED) is 0.0580. The van der Waals surface area contributed by atoms with Crippen LogP contribution in [0.1, 0.15) is 40.7 Å². The maximum atomic E-state index is 15.3. The highest BCUT2D eigenvalue weighted by molar-refractivity contribution is 5.95. The number of aryl methyl sites for hydroxylation is 5. The number of H-pyrrole nitrogens is 5.